The molecule has 1 aromatic rings. The largest absolute Gasteiger partial charge is 0.378 e. The van der Waals surface area contributed by atoms with Crippen molar-refractivity contribution in [3.05, 3.63) is 35.9 Å². The molecule has 0 amide bonds. The van der Waals surface area contributed by atoms with Gasteiger partial charge in [-0.25, -0.2) is 0 Å². The van der Waals surface area contributed by atoms with Crippen LogP contribution in [0.4, 0.5) is 0 Å². The zero-order chi connectivity index (χ0) is 9.80. The van der Waals surface area contributed by atoms with Gasteiger partial charge in [0.1, 0.15) is 0 Å². The van der Waals surface area contributed by atoms with Crippen molar-refractivity contribution in [1.29, 1.82) is 0 Å². The van der Waals surface area contributed by atoms with Crippen LogP contribution in [0.5, 0.6) is 0 Å². The smallest absolute Gasteiger partial charge is 0.0618 e. The minimum absolute atomic E-state index is 0.446. The SMILES string of the molecule is CC1CCOC(Cc2ccccc2)C1. The van der Waals surface area contributed by atoms with Gasteiger partial charge >= 0.3 is 0 Å². The van der Waals surface area contributed by atoms with Crippen molar-refractivity contribution in [3.8, 4) is 0 Å². The Bertz CT molecular complexity index is 268. The lowest BCUT2D eigenvalue weighted by molar-refractivity contribution is -0.00410. The Morgan fingerprint density at radius 2 is 2.07 bits per heavy atom. The van der Waals surface area contributed by atoms with Crippen LogP contribution in [-0.2, 0) is 11.2 Å². The number of benzene rings is 1. The fourth-order valence-corrected chi connectivity index (χ4v) is 2.09. The average molecular weight is 190 g/mol. The predicted molar refractivity (Wildman–Crippen MR) is 58.3 cm³/mol. The lowest BCUT2D eigenvalue weighted by Crippen LogP contribution is -2.26. The summed E-state index contributed by atoms with van der Waals surface area (Å²) >= 11 is 0. The summed E-state index contributed by atoms with van der Waals surface area (Å²) in [6.07, 6.45) is 3.96. The molecular formula is C13H18O. The fraction of sp³-hybridized carbons (Fsp3) is 0.538. The first kappa shape index (κ1) is 9.72. The van der Waals surface area contributed by atoms with Crippen molar-refractivity contribution in [2.75, 3.05) is 6.61 Å². The third-order valence-electron chi connectivity index (χ3n) is 2.94. The molecule has 2 unspecified atom stereocenters. The van der Waals surface area contributed by atoms with E-state index in [1.54, 1.807) is 0 Å². The molecule has 1 heteroatoms. The molecule has 0 N–H and O–H groups in total. The summed E-state index contributed by atoms with van der Waals surface area (Å²) in [6, 6.07) is 10.6. The topological polar surface area (TPSA) is 9.23 Å². The summed E-state index contributed by atoms with van der Waals surface area (Å²) in [7, 11) is 0. The summed E-state index contributed by atoms with van der Waals surface area (Å²) < 4.78 is 5.75. The number of rotatable bonds is 2. The van der Waals surface area contributed by atoms with Crippen LogP contribution in [0.3, 0.4) is 0 Å². The molecule has 1 saturated heterocycles. The lowest BCUT2D eigenvalue weighted by Gasteiger charge is -2.27. The van der Waals surface area contributed by atoms with Crippen LogP contribution >= 0.6 is 0 Å². The molecule has 0 bridgehead atoms. The first-order chi connectivity index (χ1) is 6.84. The second-order valence-corrected chi connectivity index (χ2v) is 4.31. The van der Waals surface area contributed by atoms with Crippen LogP contribution in [-0.4, -0.2) is 12.7 Å². The lowest BCUT2D eigenvalue weighted by atomic mass is 9.94. The number of hydrogen-bond acceptors (Lipinski definition) is 1. The molecule has 1 nitrogen and oxygen atoms in total. The Balaban J connectivity index is 1.91. The van der Waals surface area contributed by atoms with Gasteiger partial charge in [-0.3, -0.25) is 0 Å². The fourth-order valence-electron chi connectivity index (χ4n) is 2.09. The normalized spacial score (nSPS) is 27.5. The first-order valence-corrected chi connectivity index (χ1v) is 5.50. The summed E-state index contributed by atoms with van der Waals surface area (Å²) in [5.74, 6) is 0.831. The van der Waals surface area contributed by atoms with Crippen LogP contribution in [0.15, 0.2) is 30.3 Å². The molecule has 1 heterocycles. The van der Waals surface area contributed by atoms with Gasteiger partial charge in [-0.05, 0) is 30.7 Å². The highest BCUT2D eigenvalue weighted by Gasteiger charge is 2.19. The summed E-state index contributed by atoms with van der Waals surface area (Å²) in [4.78, 5) is 0. The highest BCUT2D eigenvalue weighted by atomic mass is 16.5. The van der Waals surface area contributed by atoms with Gasteiger partial charge in [0, 0.05) is 6.61 Å². The molecule has 0 radical (unpaired) electrons. The van der Waals surface area contributed by atoms with E-state index in [1.807, 2.05) is 0 Å². The Kier molecular flexibility index (Phi) is 3.20. The van der Waals surface area contributed by atoms with Crippen LogP contribution in [0, 0.1) is 5.92 Å². The van der Waals surface area contributed by atoms with E-state index >= 15 is 0 Å². The van der Waals surface area contributed by atoms with E-state index in [4.69, 9.17) is 4.74 Å². The van der Waals surface area contributed by atoms with Crippen LogP contribution in [0.1, 0.15) is 25.3 Å². The van der Waals surface area contributed by atoms with Crippen molar-refractivity contribution in [1.82, 2.24) is 0 Å². The third kappa shape index (κ3) is 2.58. The molecule has 2 rings (SSSR count). The minimum atomic E-state index is 0.446. The van der Waals surface area contributed by atoms with Gasteiger partial charge in [-0.2, -0.15) is 0 Å². The zero-order valence-corrected chi connectivity index (χ0v) is 8.78. The van der Waals surface area contributed by atoms with Gasteiger partial charge in [-0.15, -0.1) is 0 Å². The standard InChI is InChI=1S/C13H18O/c1-11-7-8-14-13(9-11)10-12-5-3-2-4-6-12/h2-6,11,13H,7-10H2,1H3. The second kappa shape index (κ2) is 4.61. The van der Waals surface area contributed by atoms with Gasteiger partial charge in [0.05, 0.1) is 6.10 Å². The van der Waals surface area contributed by atoms with E-state index in [0.29, 0.717) is 6.10 Å². The molecule has 1 fully saturated rings. The van der Waals surface area contributed by atoms with Crippen molar-refractivity contribution in [2.24, 2.45) is 5.92 Å². The molecule has 1 aliphatic rings. The molecule has 14 heavy (non-hydrogen) atoms. The van der Waals surface area contributed by atoms with Gasteiger partial charge < -0.3 is 4.74 Å². The van der Waals surface area contributed by atoms with Crippen molar-refractivity contribution in [3.63, 3.8) is 0 Å². The predicted octanol–water partition coefficient (Wildman–Crippen LogP) is 3.04. The summed E-state index contributed by atoms with van der Waals surface area (Å²) in [6.45, 7) is 3.26. The van der Waals surface area contributed by atoms with E-state index in [9.17, 15) is 0 Å². The molecule has 0 spiro atoms. The van der Waals surface area contributed by atoms with E-state index in [0.717, 1.165) is 18.9 Å². The van der Waals surface area contributed by atoms with Crippen LogP contribution in [0.25, 0.3) is 0 Å². The maximum atomic E-state index is 5.75. The Morgan fingerprint density at radius 1 is 1.29 bits per heavy atom. The summed E-state index contributed by atoms with van der Waals surface area (Å²) in [5.41, 5.74) is 1.40. The Hall–Kier alpha value is -0.820. The minimum Gasteiger partial charge on any atom is -0.378 e. The van der Waals surface area contributed by atoms with Crippen molar-refractivity contribution < 1.29 is 4.74 Å². The van der Waals surface area contributed by atoms with Crippen molar-refractivity contribution >= 4 is 0 Å². The molecular weight excluding hydrogens is 172 g/mol. The highest BCUT2D eigenvalue weighted by Crippen LogP contribution is 2.21. The van der Waals surface area contributed by atoms with Crippen LogP contribution < -0.4 is 0 Å². The van der Waals surface area contributed by atoms with E-state index < -0.39 is 0 Å². The first-order valence-electron chi connectivity index (χ1n) is 5.50. The van der Waals surface area contributed by atoms with Gasteiger partial charge in [0.2, 0.25) is 0 Å². The monoisotopic (exact) mass is 190 g/mol. The quantitative estimate of drug-likeness (QED) is 0.696. The molecule has 1 aliphatic heterocycles. The third-order valence-corrected chi connectivity index (χ3v) is 2.94. The summed E-state index contributed by atoms with van der Waals surface area (Å²) in [5, 5.41) is 0. The van der Waals surface area contributed by atoms with E-state index in [2.05, 4.69) is 37.3 Å². The average Bonchev–Trinajstić information content (AvgIpc) is 2.19. The van der Waals surface area contributed by atoms with Gasteiger partial charge in [0.25, 0.3) is 0 Å². The van der Waals surface area contributed by atoms with Gasteiger partial charge in [0.15, 0.2) is 0 Å². The maximum Gasteiger partial charge on any atom is 0.0618 e. The number of hydrogen-bond donors (Lipinski definition) is 0. The highest BCUT2D eigenvalue weighted by molar-refractivity contribution is 5.15. The van der Waals surface area contributed by atoms with E-state index in [-0.39, 0.29) is 0 Å². The van der Waals surface area contributed by atoms with Gasteiger partial charge in [-0.1, -0.05) is 37.3 Å². The molecule has 0 aromatic heterocycles. The zero-order valence-electron chi connectivity index (χ0n) is 8.78. The Labute approximate surface area is 86.1 Å². The second-order valence-electron chi connectivity index (χ2n) is 4.31. The number of ether oxygens (including phenoxy) is 1. The van der Waals surface area contributed by atoms with Crippen molar-refractivity contribution in [2.45, 2.75) is 32.3 Å². The van der Waals surface area contributed by atoms with E-state index in [1.165, 1.54) is 18.4 Å². The molecule has 76 valence electrons. The Morgan fingerprint density at radius 3 is 2.79 bits per heavy atom. The maximum absolute atomic E-state index is 5.75. The molecule has 1 aromatic carbocycles. The molecule has 0 saturated carbocycles. The molecule has 2 atom stereocenters. The molecule has 0 aliphatic carbocycles. The van der Waals surface area contributed by atoms with Crippen LogP contribution in [0.2, 0.25) is 0 Å².